The maximum absolute atomic E-state index is 13.3. The van der Waals surface area contributed by atoms with Gasteiger partial charge in [0.05, 0.1) is 22.2 Å². The van der Waals surface area contributed by atoms with Crippen LogP contribution in [0.3, 0.4) is 0 Å². The number of amides is 1. The molecule has 7 nitrogen and oxygen atoms in total. The Morgan fingerprint density at radius 2 is 2.03 bits per heavy atom. The van der Waals surface area contributed by atoms with Crippen LogP contribution in [0.15, 0.2) is 70.4 Å². The van der Waals surface area contributed by atoms with Crippen LogP contribution in [0, 0.1) is 0 Å². The lowest BCUT2D eigenvalue weighted by atomic mass is 10.2. The van der Waals surface area contributed by atoms with Gasteiger partial charge in [-0.25, -0.2) is 8.42 Å². The summed E-state index contributed by atoms with van der Waals surface area (Å²) in [5.74, 6) is 0.365. The minimum atomic E-state index is -4.00. The molecule has 0 spiro atoms. The molecule has 11 heteroatoms. The molecule has 1 aromatic heterocycles. The van der Waals surface area contributed by atoms with Crippen LogP contribution in [0.5, 0.6) is 0 Å². The van der Waals surface area contributed by atoms with E-state index >= 15 is 0 Å². The minimum absolute atomic E-state index is 0.0190. The molecule has 0 aliphatic rings. The van der Waals surface area contributed by atoms with Crippen molar-refractivity contribution in [2.24, 2.45) is 0 Å². The van der Waals surface area contributed by atoms with E-state index in [1.165, 1.54) is 53.4 Å². The third-order valence-electron chi connectivity index (χ3n) is 4.00. The molecule has 1 heterocycles. The van der Waals surface area contributed by atoms with Gasteiger partial charge in [0.25, 0.3) is 15.9 Å². The summed E-state index contributed by atoms with van der Waals surface area (Å²) in [7, 11) is -4.00. The molecular weight excluding hydrogens is 476 g/mol. The first-order valence-electron chi connectivity index (χ1n) is 9.12. The van der Waals surface area contributed by atoms with E-state index in [9.17, 15) is 13.2 Å². The van der Waals surface area contributed by atoms with E-state index in [-0.39, 0.29) is 17.0 Å². The van der Waals surface area contributed by atoms with E-state index in [1.54, 1.807) is 24.3 Å². The van der Waals surface area contributed by atoms with Crippen LogP contribution in [0.4, 0.5) is 10.8 Å². The number of thioether (sulfide) groups is 1. The van der Waals surface area contributed by atoms with Gasteiger partial charge < -0.3 is 0 Å². The van der Waals surface area contributed by atoms with Crippen molar-refractivity contribution in [3.05, 3.63) is 71.8 Å². The highest BCUT2D eigenvalue weighted by Crippen LogP contribution is 2.31. The number of hydrogen-bond acceptors (Lipinski definition) is 7. The monoisotopic (exact) mass is 494 g/mol. The zero-order valence-corrected chi connectivity index (χ0v) is 19.7. The Kier molecular flexibility index (Phi) is 7.71. The largest absolute Gasteiger partial charge is 0.296 e. The molecule has 0 saturated heterocycles. The van der Waals surface area contributed by atoms with Gasteiger partial charge in [-0.1, -0.05) is 65.9 Å². The first-order valence-corrected chi connectivity index (χ1v) is 12.7. The smallest absolute Gasteiger partial charge is 0.264 e. The van der Waals surface area contributed by atoms with E-state index in [0.29, 0.717) is 15.8 Å². The van der Waals surface area contributed by atoms with Crippen molar-refractivity contribution in [3.8, 4) is 0 Å². The Balaban J connectivity index is 1.90. The van der Waals surface area contributed by atoms with E-state index in [0.717, 1.165) is 14.4 Å². The van der Waals surface area contributed by atoms with Crippen LogP contribution in [0.2, 0.25) is 5.02 Å². The molecule has 3 aromatic rings. The van der Waals surface area contributed by atoms with Crippen molar-refractivity contribution >= 4 is 61.4 Å². The first-order chi connectivity index (χ1) is 14.9. The number of para-hydroxylation sites is 1. The minimum Gasteiger partial charge on any atom is -0.296 e. The lowest BCUT2D eigenvalue weighted by molar-refractivity contribution is 0.102. The summed E-state index contributed by atoms with van der Waals surface area (Å²) in [6, 6.07) is 12.4. The van der Waals surface area contributed by atoms with Gasteiger partial charge in [-0.2, -0.15) is 0 Å². The Morgan fingerprint density at radius 3 is 2.74 bits per heavy atom. The fourth-order valence-corrected chi connectivity index (χ4v) is 6.07. The molecule has 1 amide bonds. The summed E-state index contributed by atoms with van der Waals surface area (Å²) in [4.78, 5) is 12.6. The van der Waals surface area contributed by atoms with Crippen LogP contribution < -0.4 is 9.62 Å². The lowest BCUT2D eigenvalue weighted by Gasteiger charge is -2.24. The molecule has 0 radical (unpaired) electrons. The van der Waals surface area contributed by atoms with Crippen molar-refractivity contribution in [2.75, 3.05) is 21.9 Å². The number of sulfonamides is 1. The number of rotatable bonds is 9. The zero-order valence-electron chi connectivity index (χ0n) is 16.5. The molecule has 0 fully saturated rings. The van der Waals surface area contributed by atoms with E-state index in [4.69, 9.17) is 11.6 Å². The van der Waals surface area contributed by atoms with Crippen LogP contribution in [0.1, 0.15) is 17.3 Å². The number of carbonyl (C=O) groups excluding carboxylic acids is 1. The van der Waals surface area contributed by atoms with Crippen LogP contribution in [0.25, 0.3) is 0 Å². The molecular formula is C20H19ClN4O3S3. The van der Waals surface area contributed by atoms with Gasteiger partial charge in [-0.3, -0.25) is 14.4 Å². The first kappa shape index (κ1) is 23.3. The lowest BCUT2D eigenvalue weighted by Crippen LogP contribution is -2.31. The van der Waals surface area contributed by atoms with E-state index in [2.05, 4.69) is 22.1 Å². The molecule has 0 unspecified atom stereocenters. The highest BCUT2D eigenvalue weighted by Gasteiger charge is 2.26. The molecule has 31 heavy (non-hydrogen) atoms. The van der Waals surface area contributed by atoms with Gasteiger partial charge in [0, 0.05) is 5.56 Å². The number of halogens is 1. The van der Waals surface area contributed by atoms with Crippen LogP contribution in [-0.2, 0) is 10.0 Å². The standard InChI is InChI=1S/C20H19ClN4O3S3/c1-3-12-25(17-11-6-5-10-16(17)21)31(27,28)15-9-7-8-14(13-15)18(26)22-19-23-24-20(30-19)29-4-2/h3,5-11,13H,1,4,12H2,2H3,(H,22,23,26). The molecule has 2 aromatic carbocycles. The van der Waals surface area contributed by atoms with Crippen molar-refractivity contribution in [3.63, 3.8) is 0 Å². The van der Waals surface area contributed by atoms with Crippen molar-refractivity contribution in [1.29, 1.82) is 0 Å². The molecule has 0 saturated carbocycles. The van der Waals surface area contributed by atoms with Crippen molar-refractivity contribution in [2.45, 2.75) is 16.2 Å². The number of nitrogens with zero attached hydrogens (tertiary/aromatic N) is 3. The predicted octanol–water partition coefficient (Wildman–Crippen LogP) is 4.94. The summed E-state index contributed by atoms with van der Waals surface area (Å²) in [5.41, 5.74) is 0.507. The average molecular weight is 495 g/mol. The number of hydrogen-bond donors (Lipinski definition) is 1. The number of benzene rings is 2. The zero-order chi connectivity index (χ0) is 22.4. The highest BCUT2D eigenvalue weighted by atomic mass is 35.5. The summed E-state index contributed by atoms with van der Waals surface area (Å²) >= 11 is 9.01. The van der Waals surface area contributed by atoms with Gasteiger partial charge >= 0.3 is 0 Å². The van der Waals surface area contributed by atoms with Gasteiger partial charge in [-0.05, 0) is 36.1 Å². The second kappa shape index (κ2) is 10.3. The topological polar surface area (TPSA) is 92.3 Å². The second-order valence-electron chi connectivity index (χ2n) is 6.06. The van der Waals surface area contributed by atoms with E-state index < -0.39 is 15.9 Å². The number of anilines is 2. The van der Waals surface area contributed by atoms with Crippen molar-refractivity contribution < 1.29 is 13.2 Å². The SMILES string of the molecule is C=CCN(c1ccccc1Cl)S(=O)(=O)c1cccc(C(=O)Nc2nnc(SCC)s2)c1. The van der Waals surface area contributed by atoms with Gasteiger partial charge in [0.2, 0.25) is 5.13 Å². The van der Waals surface area contributed by atoms with Gasteiger partial charge in [-0.15, -0.1) is 16.8 Å². The fraction of sp³-hybridized carbons (Fsp3) is 0.150. The third kappa shape index (κ3) is 5.45. The molecule has 0 aliphatic carbocycles. The second-order valence-corrected chi connectivity index (χ2v) is 10.8. The molecule has 162 valence electrons. The summed E-state index contributed by atoms with van der Waals surface area (Å²) in [6.45, 7) is 5.66. The maximum Gasteiger partial charge on any atom is 0.264 e. The van der Waals surface area contributed by atoms with Crippen molar-refractivity contribution in [1.82, 2.24) is 10.2 Å². The number of carbonyl (C=O) groups is 1. The van der Waals surface area contributed by atoms with Crippen LogP contribution >= 0.6 is 34.7 Å². The van der Waals surface area contributed by atoms with Crippen LogP contribution in [-0.4, -0.2) is 36.8 Å². The molecule has 0 bridgehead atoms. The number of nitrogens with one attached hydrogen (secondary N) is 1. The summed E-state index contributed by atoms with van der Waals surface area (Å²) < 4.78 is 28.6. The average Bonchev–Trinajstić information content (AvgIpc) is 3.20. The molecule has 1 N–H and O–H groups in total. The normalized spacial score (nSPS) is 11.2. The molecule has 0 atom stereocenters. The van der Waals surface area contributed by atoms with E-state index in [1.807, 2.05) is 6.92 Å². The Labute approximate surface area is 194 Å². The quantitative estimate of drug-likeness (QED) is 0.257. The van der Waals surface area contributed by atoms with Gasteiger partial charge in [0.1, 0.15) is 0 Å². The Bertz CT molecular complexity index is 1200. The Morgan fingerprint density at radius 1 is 1.26 bits per heavy atom. The maximum atomic E-state index is 13.3. The number of aromatic nitrogens is 2. The third-order valence-corrected chi connectivity index (χ3v) is 7.94. The predicted molar refractivity (Wildman–Crippen MR) is 127 cm³/mol. The molecule has 3 rings (SSSR count). The summed E-state index contributed by atoms with van der Waals surface area (Å²) in [5, 5.41) is 11.2. The summed E-state index contributed by atoms with van der Waals surface area (Å²) in [6.07, 6.45) is 1.47. The van der Waals surface area contributed by atoms with Gasteiger partial charge in [0.15, 0.2) is 4.34 Å². The molecule has 0 aliphatic heterocycles. The highest BCUT2D eigenvalue weighted by molar-refractivity contribution is 8.01. The Hall–Kier alpha value is -2.40. The fourth-order valence-electron chi connectivity index (χ4n) is 2.63.